The molecule has 1 aliphatic rings. The molecule has 3 amide bonds. The molecule has 0 aromatic carbocycles. The topological polar surface area (TPSA) is 92.5 Å². The van der Waals surface area contributed by atoms with Crippen molar-refractivity contribution in [3.05, 3.63) is 0 Å². The maximum Gasteiger partial charge on any atom is 0.318 e. The minimum Gasteiger partial charge on any atom is -0.351 e. The first-order valence-corrected chi connectivity index (χ1v) is 4.83. The van der Waals surface area contributed by atoms with Crippen LogP contribution in [0.4, 0.5) is 4.79 Å². The Morgan fingerprint density at radius 2 is 2.27 bits per heavy atom. The maximum absolute atomic E-state index is 11.2. The van der Waals surface area contributed by atoms with Crippen LogP contribution >= 0.6 is 0 Å². The van der Waals surface area contributed by atoms with E-state index in [0.29, 0.717) is 19.5 Å². The van der Waals surface area contributed by atoms with Gasteiger partial charge in [0.15, 0.2) is 0 Å². The third-order valence-electron chi connectivity index (χ3n) is 2.39. The van der Waals surface area contributed by atoms with Gasteiger partial charge in [-0.3, -0.25) is 19.8 Å². The molecule has 1 unspecified atom stereocenters. The molecule has 1 aliphatic heterocycles. The van der Waals surface area contributed by atoms with Crippen molar-refractivity contribution < 1.29 is 14.4 Å². The van der Waals surface area contributed by atoms with Gasteiger partial charge >= 0.3 is 6.03 Å². The van der Waals surface area contributed by atoms with E-state index in [-0.39, 0.29) is 18.2 Å². The zero-order valence-corrected chi connectivity index (χ0v) is 8.66. The van der Waals surface area contributed by atoms with Crippen molar-refractivity contribution in [3.8, 4) is 0 Å². The summed E-state index contributed by atoms with van der Waals surface area (Å²) in [4.78, 5) is 34.6. The van der Waals surface area contributed by atoms with Gasteiger partial charge in [-0.05, 0) is 0 Å². The van der Waals surface area contributed by atoms with Gasteiger partial charge in [0, 0.05) is 25.4 Å². The largest absolute Gasteiger partial charge is 0.351 e. The molecule has 0 aromatic rings. The molecule has 3 N–H and O–H groups in total. The van der Waals surface area contributed by atoms with Crippen molar-refractivity contribution in [2.75, 3.05) is 19.6 Å². The Labute approximate surface area is 87.8 Å². The van der Waals surface area contributed by atoms with Crippen molar-refractivity contribution in [1.29, 1.82) is 0 Å². The highest BCUT2D eigenvalue weighted by atomic mass is 16.2. The van der Waals surface area contributed by atoms with Crippen LogP contribution in [0, 0.1) is 5.92 Å². The predicted octanol–water partition coefficient (Wildman–Crippen LogP) is -0.908. The van der Waals surface area contributed by atoms with Gasteiger partial charge in [-0.15, -0.1) is 0 Å². The molecule has 1 atom stereocenters. The molecule has 0 saturated carbocycles. The molecule has 0 radical (unpaired) electrons. The first-order chi connectivity index (χ1) is 6.99. The van der Waals surface area contributed by atoms with Gasteiger partial charge in [0.2, 0.25) is 5.91 Å². The summed E-state index contributed by atoms with van der Waals surface area (Å²) >= 11 is 0. The van der Waals surface area contributed by atoms with E-state index in [1.807, 2.05) is 17.1 Å². The second-order valence-corrected chi connectivity index (χ2v) is 3.76. The molecule has 1 heterocycles. The lowest BCUT2D eigenvalue weighted by Gasteiger charge is -2.28. The number of carbonyl (C=O) groups is 3. The van der Waals surface area contributed by atoms with E-state index in [0.717, 1.165) is 0 Å². The highest BCUT2D eigenvalue weighted by Gasteiger charge is 2.24. The number of carbonyl (C=O) groups excluding carboxylic acids is 3. The summed E-state index contributed by atoms with van der Waals surface area (Å²) in [7, 11) is 0. The Kier molecular flexibility index (Phi) is 3.79. The fourth-order valence-corrected chi connectivity index (χ4v) is 1.62. The molecule has 0 bridgehead atoms. The quantitative estimate of drug-likeness (QED) is 0.621. The second kappa shape index (κ2) is 4.88. The maximum atomic E-state index is 11.2. The molecule has 0 spiro atoms. The Hall–Kier alpha value is -1.43. The number of ketones is 1. The Bertz CT molecular complexity index is 290. The number of nitrogens with zero attached hydrogens (tertiary/aromatic N) is 1. The van der Waals surface area contributed by atoms with Crippen molar-refractivity contribution in [3.63, 3.8) is 0 Å². The molecule has 6 heteroatoms. The molecule has 84 valence electrons. The zero-order valence-electron chi connectivity index (χ0n) is 8.66. The molecule has 6 nitrogen and oxygen atoms in total. The normalized spacial score (nSPS) is 22.5. The SMILES string of the molecule is CC1CN(CC(=O)NC(N)=O)CCC1=O. The van der Waals surface area contributed by atoms with Crippen LogP contribution in [0.5, 0.6) is 0 Å². The van der Waals surface area contributed by atoms with Crippen LogP contribution in [0.1, 0.15) is 13.3 Å². The van der Waals surface area contributed by atoms with E-state index >= 15 is 0 Å². The van der Waals surface area contributed by atoms with Crippen molar-refractivity contribution >= 4 is 17.7 Å². The number of urea groups is 1. The highest BCUT2D eigenvalue weighted by Crippen LogP contribution is 2.11. The van der Waals surface area contributed by atoms with Crippen LogP contribution in [0.2, 0.25) is 0 Å². The average Bonchev–Trinajstić information content (AvgIpc) is 2.10. The Morgan fingerprint density at radius 3 is 2.80 bits per heavy atom. The lowest BCUT2D eigenvalue weighted by atomic mass is 9.99. The first-order valence-electron chi connectivity index (χ1n) is 4.83. The minimum atomic E-state index is -0.846. The molecule has 1 saturated heterocycles. The summed E-state index contributed by atoms with van der Waals surface area (Å²) in [6, 6.07) is -0.846. The minimum absolute atomic E-state index is 0.0415. The zero-order chi connectivity index (χ0) is 11.4. The number of piperidine rings is 1. The lowest BCUT2D eigenvalue weighted by molar-refractivity contribution is -0.128. The summed E-state index contributed by atoms with van der Waals surface area (Å²) in [5, 5.41) is 1.99. The van der Waals surface area contributed by atoms with Crippen LogP contribution in [0.15, 0.2) is 0 Å². The van der Waals surface area contributed by atoms with Crippen molar-refractivity contribution in [2.45, 2.75) is 13.3 Å². The number of hydrogen-bond acceptors (Lipinski definition) is 4. The lowest BCUT2D eigenvalue weighted by Crippen LogP contribution is -2.47. The number of hydrogen-bond donors (Lipinski definition) is 2. The van der Waals surface area contributed by atoms with Crippen LogP contribution in [0.3, 0.4) is 0 Å². The molecular weight excluding hydrogens is 198 g/mol. The third-order valence-corrected chi connectivity index (χ3v) is 2.39. The van der Waals surface area contributed by atoms with E-state index in [1.165, 1.54) is 0 Å². The first kappa shape index (κ1) is 11.6. The fourth-order valence-electron chi connectivity index (χ4n) is 1.62. The smallest absolute Gasteiger partial charge is 0.318 e. The van der Waals surface area contributed by atoms with Gasteiger partial charge in [0.25, 0.3) is 0 Å². The summed E-state index contributed by atoms with van der Waals surface area (Å²) in [6.07, 6.45) is 0.463. The summed E-state index contributed by atoms with van der Waals surface area (Å²) < 4.78 is 0. The Morgan fingerprint density at radius 1 is 1.60 bits per heavy atom. The van der Waals surface area contributed by atoms with Gasteiger partial charge < -0.3 is 5.73 Å². The van der Waals surface area contributed by atoms with Gasteiger partial charge in [0.05, 0.1) is 6.54 Å². The van der Waals surface area contributed by atoms with Gasteiger partial charge in [-0.2, -0.15) is 0 Å². The van der Waals surface area contributed by atoms with E-state index in [9.17, 15) is 14.4 Å². The van der Waals surface area contributed by atoms with E-state index in [4.69, 9.17) is 5.73 Å². The number of amides is 3. The Balaban J connectivity index is 2.36. The molecule has 0 aromatic heterocycles. The standard InChI is InChI=1S/C9H15N3O3/c1-6-4-12(3-2-7(6)13)5-8(14)11-9(10)15/h6H,2-5H2,1H3,(H3,10,11,14,15). The molecule has 0 aliphatic carbocycles. The summed E-state index contributed by atoms with van der Waals surface area (Å²) in [5.74, 6) is -0.245. The van der Waals surface area contributed by atoms with E-state index < -0.39 is 11.9 Å². The summed E-state index contributed by atoms with van der Waals surface area (Å²) in [5.41, 5.74) is 4.80. The molecular formula is C9H15N3O3. The van der Waals surface area contributed by atoms with Gasteiger partial charge in [-0.25, -0.2) is 4.79 Å². The molecule has 15 heavy (non-hydrogen) atoms. The number of nitrogens with two attached hydrogens (primary N) is 1. The molecule has 1 rings (SSSR count). The number of nitrogens with one attached hydrogen (secondary N) is 1. The highest BCUT2D eigenvalue weighted by molar-refractivity contribution is 5.94. The second-order valence-electron chi connectivity index (χ2n) is 3.76. The number of rotatable bonds is 2. The van der Waals surface area contributed by atoms with Crippen molar-refractivity contribution in [2.24, 2.45) is 11.7 Å². The van der Waals surface area contributed by atoms with Gasteiger partial charge in [0.1, 0.15) is 5.78 Å². The average molecular weight is 213 g/mol. The predicted molar refractivity (Wildman–Crippen MR) is 53.0 cm³/mol. The fraction of sp³-hybridized carbons (Fsp3) is 0.667. The number of imide groups is 1. The van der Waals surface area contributed by atoms with E-state index in [1.54, 1.807) is 0 Å². The molecule has 1 fully saturated rings. The van der Waals surface area contributed by atoms with Crippen molar-refractivity contribution in [1.82, 2.24) is 10.2 Å². The van der Waals surface area contributed by atoms with Crippen LogP contribution in [0.25, 0.3) is 0 Å². The number of likely N-dealkylation sites (tertiary alicyclic amines) is 1. The number of Topliss-reactive ketones (excluding diaryl/α,β-unsaturated/α-hetero) is 1. The van der Waals surface area contributed by atoms with Gasteiger partial charge in [-0.1, -0.05) is 6.92 Å². The third kappa shape index (κ3) is 3.67. The summed E-state index contributed by atoms with van der Waals surface area (Å²) in [6.45, 7) is 3.07. The van der Waals surface area contributed by atoms with E-state index in [2.05, 4.69) is 0 Å². The van der Waals surface area contributed by atoms with Crippen LogP contribution in [-0.4, -0.2) is 42.3 Å². The monoisotopic (exact) mass is 213 g/mol. The van der Waals surface area contributed by atoms with Crippen LogP contribution < -0.4 is 11.1 Å². The van der Waals surface area contributed by atoms with Crippen LogP contribution in [-0.2, 0) is 9.59 Å². The number of primary amides is 1.